The fourth-order valence-corrected chi connectivity index (χ4v) is 2.83. The van der Waals surface area contributed by atoms with Gasteiger partial charge in [0, 0.05) is 6.04 Å². The lowest BCUT2D eigenvalue weighted by Crippen LogP contribution is -2.42. The van der Waals surface area contributed by atoms with Gasteiger partial charge in [-0.1, -0.05) is 12.2 Å². The number of ether oxygens (including phenoxy) is 1. The lowest BCUT2D eigenvalue weighted by Gasteiger charge is -2.36. The first-order valence-corrected chi connectivity index (χ1v) is 6.88. The van der Waals surface area contributed by atoms with Crippen molar-refractivity contribution in [3.8, 4) is 0 Å². The van der Waals surface area contributed by atoms with Gasteiger partial charge in [-0.15, -0.1) is 0 Å². The Morgan fingerprint density at radius 1 is 1.35 bits per heavy atom. The van der Waals surface area contributed by atoms with Crippen LogP contribution in [0.1, 0.15) is 39.0 Å². The molecular formula is C14H23NO2. The highest BCUT2D eigenvalue weighted by Gasteiger charge is 2.28. The highest BCUT2D eigenvalue weighted by Crippen LogP contribution is 2.24. The van der Waals surface area contributed by atoms with E-state index in [0.717, 1.165) is 25.9 Å². The average molecular weight is 237 g/mol. The number of esters is 1. The molecule has 0 aromatic carbocycles. The largest absolute Gasteiger partial charge is 0.466 e. The number of carbonyl (C=O) groups is 1. The molecule has 2 aliphatic rings. The summed E-state index contributed by atoms with van der Waals surface area (Å²) in [7, 11) is 0. The van der Waals surface area contributed by atoms with E-state index in [0.29, 0.717) is 12.6 Å². The SMILES string of the molecule is CCOC(=O)C1CCN(C2C=CCCC2)CC1. The summed E-state index contributed by atoms with van der Waals surface area (Å²) in [6, 6.07) is 0.617. The lowest BCUT2D eigenvalue weighted by molar-refractivity contribution is -0.149. The molecule has 0 amide bonds. The van der Waals surface area contributed by atoms with Crippen molar-refractivity contribution >= 4 is 5.97 Å². The Morgan fingerprint density at radius 3 is 2.71 bits per heavy atom. The van der Waals surface area contributed by atoms with E-state index >= 15 is 0 Å². The highest BCUT2D eigenvalue weighted by atomic mass is 16.5. The summed E-state index contributed by atoms with van der Waals surface area (Å²) in [4.78, 5) is 14.1. The van der Waals surface area contributed by atoms with Crippen LogP contribution < -0.4 is 0 Å². The molecule has 0 spiro atoms. The minimum absolute atomic E-state index is 0.00587. The molecule has 1 aliphatic carbocycles. The predicted octanol–water partition coefficient (Wildman–Crippen LogP) is 2.37. The second-order valence-corrected chi connectivity index (χ2v) is 4.99. The maximum absolute atomic E-state index is 11.6. The molecular weight excluding hydrogens is 214 g/mol. The summed E-state index contributed by atoms with van der Waals surface area (Å²) in [5.41, 5.74) is 0. The van der Waals surface area contributed by atoms with Crippen LogP contribution in [0.4, 0.5) is 0 Å². The van der Waals surface area contributed by atoms with Crippen molar-refractivity contribution < 1.29 is 9.53 Å². The van der Waals surface area contributed by atoms with E-state index in [2.05, 4.69) is 17.1 Å². The third-order valence-electron chi connectivity index (χ3n) is 3.85. The van der Waals surface area contributed by atoms with Crippen LogP contribution in [0.15, 0.2) is 12.2 Å². The fourth-order valence-electron chi connectivity index (χ4n) is 2.83. The van der Waals surface area contributed by atoms with Gasteiger partial charge >= 0.3 is 5.97 Å². The van der Waals surface area contributed by atoms with Crippen molar-refractivity contribution in [2.24, 2.45) is 5.92 Å². The summed E-state index contributed by atoms with van der Waals surface area (Å²) in [5.74, 6) is 0.144. The molecule has 1 aliphatic heterocycles. The Labute approximate surface area is 104 Å². The standard InChI is InChI=1S/C14H23NO2/c1-2-17-14(16)12-8-10-15(11-9-12)13-6-4-3-5-7-13/h4,6,12-13H,2-3,5,7-11H2,1H3. The molecule has 1 unspecified atom stereocenters. The third kappa shape index (κ3) is 3.32. The van der Waals surface area contributed by atoms with Gasteiger partial charge in [-0.25, -0.2) is 0 Å². The van der Waals surface area contributed by atoms with Gasteiger partial charge in [0.25, 0.3) is 0 Å². The molecule has 1 saturated heterocycles. The molecule has 17 heavy (non-hydrogen) atoms. The molecule has 1 fully saturated rings. The van der Waals surface area contributed by atoms with E-state index in [1.165, 1.54) is 19.3 Å². The predicted molar refractivity (Wildman–Crippen MR) is 67.7 cm³/mol. The Hall–Kier alpha value is -0.830. The molecule has 3 nitrogen and oxygen atoms in total. The van der Waals surface area contributed by atoms with Crippen molar-refractivity contribution in [3.63, 3.8) is 0 Å². The van der Waals surface area contributed by atoms with E-state index in [9.17, 15) is 4.79 Å². The zero-order valence-corrected chi connectivity index (χ0v) is 10.7. The first-order chi connectivity index (χ1) is 8.31. The van der Waals surface area contributed by atoms with Gasteiger partial charge in [-0.3, -0.25) is 9.69 Å². The number of nitrogens with zero attached hydrogens (tertiary/aromatic N) is 1. The maximum atomic E-state index is 11.6. The van der Waals surface area contributed by atoms with E-state index in [-0.39, 0.29) is 11.9 Å². The fraction of sp³-hybridized carbons (Fsp3) is 0.786. The average Bonchev–Trinajstić information content (AvgIpc) is 2.40. The molecule has 1 atom stereocenters. The molecule has 0 radical (unpaired) electrons. The van der Waals surface area contributed by atoms with E-state index in [1.54, 1.807) is 0 Å². The van der Waals surface area contributed by atoms with Crippen molar-refractivity contribution in [2.45, 2.75) is 45.1 Å². The van der Waals surface area contributed by atoms with Gasteiger partial charge in [0.2, 0.25) is 0 Å². The number of hydrogen-bond donors (Lipinski definition) is 0. The molecule has 0 aromatic heterocycles. The summed E-state index contributed by atoms with van der Waals surface area (Å²) in [6.07, 6.45) is 10.4. The first-order valence-electron chi connectivity index (χ1n) is 6.88. The van der Waals surface area contributed by atoms with Crippen molar-refractivity contribution in [1.82, 2.24) is 4.90 Å². The molecule has 0 saturated carbocycles. The summed E-state index contributed by atoms with van der Waals surface area (Å²) in [5, 5.41) is 0. The molecule has 1 heterocycles. The molecule has 96 valence electrons. The topological polar surface area (TPSA) is 29.5 Å². The zero-order valence-electron chi connectivity index (χ0n) is 10.7. The van der Waals surface area contributed by atoms with Crippen LogP contribution >= 0.6 is 0 Å². The maximum Gasteiger partial charge on any atom is 0.309 e. The monoisotopic (exact) mass is 237 g/mol. The zero-order chi connectivity index (χ0) is 12.1. The Kier molecular flexibility index (Phi) is 4.60. The Balaban J connectivity index is 1.79. The second-order valence-electron chi connectivity index (χ2n) is 4.99. The molecule has 2 rings (SSSR count). The van der Waals surface area contributed by atoms with Crippen LogP contribution in [0.3, 0.4) is 0 Å². The number of allylic oxidation sites excluding steroid dienone is 1. The van der Waals surface area contributed by atoms with Crippen molar-refractivity contribution in [3.05, 3.63) is 12.2 Å². The van der Waals surface area contributed by atoms with E-state index in [4.69, 9.17) is 4.74 Å². The second kappa shape index (κ2) is 6.20. The minimum atomic E-state index is 0.00587. The van der Waals surface area contributed by atoms with Gasteiger partial charge in [-0.2, -0.15) is 0 Å². The minimum Gasteiger partial charge on any atom is -0.466 e. The van der Waals surface area contributed by atoms with Gasteiger partial charge in [-0.05, 0) is 52.1 Å². The normalized spacial score (nSPS) is 27.0. The number of hydrogen-bond acceptors (Lipinski definition) is 3. The third-order valence-corrected chi connectivity index (χ3v) is 3.85. The Morgan fingerprint density at radius 2 is 2.12 bits per heavy atom. The number of likely N-dealkylation sites (tertiary alicyclic amines) is 1. The van der Waals surface area contributed by atoms with Gasteiger partial charge in [0.15, 0.2) is 0 Å². The van der Waals surface area contributed by atoms with Gasteiger partial charge in [0.05, 0.1) is 12.5 Å². The van der Waals surface area contributed by atoms with Gasteiger partial charge in [0.1, 0.15) is 0 Å². The van der Waals surface area contributed by atoms with E-state index < -0.39 is 0 Å². The van der Waals surface area contributed by atoms with Crippen LogP contribution in [-0.4, -0.2) is 36.6 Å². The first kappa shape index (κ1) is 12.6. The van der Waals surface area contributed by atoms with Crippen LogP contribution in [0.5, 0.6) is 0 Å². The quantitative estimate of drug-likeness (QED) is 0.557. The van der Waals surface area contributed by atoms with Crippen LogP contribution in [-0.2, 0) is 9.53 Å². The van der Waals surface area contributed by atoms with Crippen LogP contribution in [0.25, 0.3) is 0 Å². The number of carbonyl (C=O) groups excluding carboxylic acids is 1. The molecule has 3 heteroatoms. The molecule has 0 bridgehead atoms. The van der Waals surface area contributed by atoms with Crippen LogP contribution in [0.2, 0.25) is 0 Å². The van der Waals surface area contributed by atoms with E-state index in [1.807, 2.05) is 6.92 Å². The summed E-state index contributed by atoms with van der Waals surface area (Å²) < 4.78 is 5.09. The highest BCUT2D eigenvalue weighted by molar-refractivity contribution is 5.72. The van der Waals surface area contributed by atoms with Crippen molar-refractivity contribution in [1.29, 1.82) is 0 Å². The van der Waals surface area contributed by atoms with Gasteiger partial charge < -0.3 is 4.74 Å². The lowest BCUT2D eigenvalue weighted by atomic mass is 9.93. The summed E-state index contributed by atoms with van der Waals surface area (Å²) >= 11 is 0. The molecule has 0 N–H and O–H groups in total. The Bertz CT molecular complexity index is 280. The molecule has 0 aromatic rings. The smallest absolute Gasteiger partial charge is 0.309 e. The number of rotatable bonds is 3. The van der Waals surface area contributed by atoms with Crippen molar-refractivity contribution in [2.75, 3.05) is 19.7 Å². The number of piperidine rings is 1. The summed E-state index contributed by atoms with van der Waals surface area (Å²) in [6.45, 7) is 4.46. The van der Waals surface area contributed by atoms with Crippen LogP contribution in [0, 0.1) is 5.92 Å².